The van der Waals surface area contributed by atoms with Gasteiger partial charge < -0.3 is 15.4 Å². The minimum absolute atomic E-state index is 0.0700. The molecule has 6 heteroatoms. The number of halogens is 1. The Morgan fingerprint density at radius 1 is 0.917 bits per heavy atom. The van der Waals surface area contributed by atoms with E-state index < -0.39 is 17.6 Å². The predicted octanol–water partition coefficient (Wildman–Crippen LogP) is 3.58. The van der Waals surface area contributed by atoms with Crippen molar-refractivity contribution >= 4 is 23.2 Å². The zero-order valence-corrected chi connectivity index (χ0v) is 13.5. The Hall–Kier alpha value is -2.89. The average Bonchev–Trinajstić information content (AvgIpc) is 2.51. The van der Waals surface area contributed by atoms with Gasteiger partial charge in [-0.25, -0.2) is 4.39 Å². The van der Waals surface area contributed by atoms with E-state index in [9.17, 15) is 14.0 Å². The van der Waals surface area contributed by atoms with E-state index in [0.29, 0.717) is 17.1 Å². The molecule has 126 valence electrons. The summed E-state index contributed by atoms with van der Waals surface area (Å²) in [5.74, 6) is -0.598. The largest absolute Gasteiger partial charge is 0.491 e. The predicted molar refractivity (Wildman–Crippen MR) is 90.5 cm³/mol. The molecule has 0 heterocycles. The molecule has 0 saturated heterocycles. The van der Waals surface area contributed by atoms with Gasteiger partial charge in [-0.05, 0) is 62.4 Å². The van der Waals surface area contributed by atoms with Crippen molar-refractivity contribution in [1.82, 2.24) is 0 Å². The summed E-state index contributed by atoms with van der Waals surface area (Å²) in [5.41, 5.74) is 1.01. The van der Waals surface area contributed by atoms with Crippen LogP contribution in [0.1, 0.15) is 20.3 Å². The van der Waals surface area contributed by atoms with Crippen LogP contribution in [0.2, 0.25) is 0 Å². The van der Waals surface area contributed by atoms with Gasteiger partial charge in [0.25, 0.3) is 0 Å². The van der Waals surface area contributed by atoms with E-state index in [-0.39, 0.29) is 12.5 Å². The molecule has 0 radical (unpaired) electrons. The Morgan fingerprint density at radius 3 is 1.83 bits per heavy atom. The fourth-order valence-electron chi connectivity index (χ4n) is 1.98. The van der Waals surface area contributed by atoms with Crippen LogP contribution in [0.5, 0.6) is 5.75 Å². The Kier molecular flexibility index (Phi) is 5.89. The average molecular weight is 330 g/mol. The summed E-state index contributed by atoms with van der Waals surface area (Å²) in [6.07, 6.45) is -0.262. The summed E-state index contributed by atoms with van der Waals surface area (Å²) in [6, 6.07) is 12.2. The number of benzene rings is 2. The molecule has 24 heavy (non-hydrogen) atoms. The molecular formula is C18H19FN2O3. The van der Waals surface area contributed by atoms with E-state index in [1.165, 1.54) is 24.3 Å². The fourth-order valence-corrected chi connectivity index (χ4v) is 1.98. The molecule has 2 rings (SSSR count). The molecule has 0 spiro atoms. The molecule has 0 aliphatic carbocycles. The van der Waals surface area contributed by atoms with Crippen molar-refractivity contribution in [2.75, 3.05) is 10.6 Å². The van der Waals surface area contributed by atoms with Crippen molar-refractivity contribution in [2.45, 2.75) is 26.4 Å². The van der Waals surface area contributed by atoms with Crippen LogP contribution < -0.4 is 15.4 Å². The minimum atomic E-state index is -0.473. The molecule has 2 aromatic rings. The number of hydrogen-bond donors (Lipinski definition) is 2. The number of carbonyl (C=O) groups is 2. The van der Waals surface area contributed by atoms with Gasteiger partial charge in [0.2, 0.25) is 11.8 Å². The lowest BCUT2D eigenvalue weighted by Gasteiger charge is -2.10. The Labute approximate surface area is 139 Å². The maximum absolute atomic E-state index is 12.8. The lowest BCUT2D eigenvalue weighted by molar-refractivity contribution is -0.123. The van der Waals surface area contributed by atoms with Crippen molar-refractivity contribution in [2.24, 2.45) is 0 Å². The number of amides is 2. The van der Waals surface area contributed by atoms with E-state index >= 15 is 0 Å². The molecule has 0 atom stereocenters. The van der Waals surface area contributed by atoms with Gasteiger partial charge in [0, 0.05) is 11.4 Å². The standard InChI is InChI=1S/C18H19FN2O3/c1-12(2)24-16-9-7-15(8-10-16)21-18(23)11-17(22)20-14-5-3-13(19)4-6-14/h3-10,12H,11H2,1-2H3,(H,20,22)(H,21,23). The van der Waals surface area contributed by atoms with Gasteiger partial charge in [-0.3, -0.25) is 9.59 Å². The highest BCUT2D eigenvalue weighted by Crippen LogP contribution is 2.17. The number of ether oxygens (including phenoxy) is 1. The van der Waals surface area contributed by atoms with E-state index in [1.807, 2.05) is 13.8 Å². The van der Waals surface area contributed by atoms with Gasteiger partial charge in [-0.2, -0.15) is 0 Å². The first-order chi connectivity index (χ1) is 11.4. The third-order valence-corrected chi connectivity index (χ3v) is 2.96. The lowest BCUT2D eigenvalue weighted by Crippen LogP contribution is -2.21. The molecule has 0 fully saturated rings. The SMILES string of the molecule is CC(C)Oc1ccc(NC(=O)CC(=O)Nc2ccc(F)cc2)cc1. The second-order valence-electron chi connectivity index (χ2n) is 5.47. The Balaban J connectivity index is 1.83. The van der Waals surface area contributed by atoms with Crippen LogP contribution >= 0.6 is 0 Å². The summed E-state index contributed by atoms with van der Waals surface area (Å²) in [7, 11) is 0. The van der Waals surface area contributed by atoms with Gasteiger partial charge in [0.05, 0.1) is 6.10 Å². The van der Waals surface area contributed by atoms with Gasteiger partial charge in [0.15, 0.2) is 0 Å². The van der Waals surface area contributed by atoms with Gasteiger partial charge >= 0.3 is 0 Å². The zero-order valence-electron chi connectivity index (χ0n) is 13.5. The maximum Gasteiger partial charge on any atom is 0.233 e. The molecule has 0 aliphatic heterocycles. The Morgan fingerprint density at radius 2 is 1.38 bits per heavy atom. The molecule has 0 bridgehead atoms. The number of anilines is 2. The van der Waals surface area contributed by atoms with Crippen molar-refractivity contribution in [3.05, 3.63) is 54.3 Å². The first kappa shape index (κ1) is 17.5. The summed E-state index contributed by atoms with van der Waals surface area (Å²) < 4.78 is 18.3. The van der Waals surface area contributed by atoms with Crippen LogP contribution in [-0.2, 0) is 9.59 Å². The molecule has 2 aromatic carbocycles. The van der Waals surface area contributed by atoms with Crippen LogP contribution in [0.25, 0.3) is 0 Å². The number of carbonyl (C=O) groups excluding carboxylic acids is 2. The molecular weight excluding hydrogens is 311 g/mol. The molecule has 2 N–H and O–H groups in total. The zero-order chi connectivity index (χ0) is 17.5. The van der Waals surface area contributed by atoms with E-state index in [4.69, 9.17) is 4.74 Å². The lowest BCUT2D eigenvalue weighted by atomic mass is 10.2. The van der Waals surface area contributed by atoms with Crippen molar-refractivity contribution in [3.63, 3.8) is 0 Å². The van der Waals surface area contributed by atoms with Crippen LogP contribution in [-0.4, -0.2) is 17.9 Å². The van der Waals surface area contributed by atoms with Crippen LogP contribution in [0.3, 0.4) is 0 Å². The maximum atomic E-state index is 12.8. The van der Waals surface area contributed by atoms with Crippen LogP contribution in [0, 0.1) is 5.82 Å². The minimum Gasteiger partial charge on any atom is -0.491 e. The van der Waals surface area contributed by atoms with Gasteiger partial charge in [-0.15, -0.1) is 0 Å². The second-order valence-corrected chi connectivity index (χ2v) is 5.47. The topological polar surface area (TPSA) is 67.4 Å². The molecule has 2 amide bonds. The highest BCUT2D eigenvalue weighted by molar-refractivity contribution is 6.08. The van der Waals surface area contributed by atoms with Crippen molar-refractivity contribution < 1.29 is 18.7 Å². The first-order valence-corrected chi connectivity index (χ1v) is 7.54. The second kappa shape index (κ2) is 8.10. The van der Waals surface area contributed by atoms with Crippen LogP contribution in [0.15, 0.2) is 48.5 Å². The fraction of sp³-hybridized carbons (Fsp3) is 0.222. The van der Waals surface area contributed by atoms with Crippen molar-refractivity contribution in [1.29, 1.82) is 0 Å². The van der Waals surface area contributed by atoms with Gasteiger partial charge in [-0.1, -0.05) is 0 Å². The smallest absolute Gasteiger partial charge is 0.233 e. The highest BCUT2D eigenvalue weighted by atomic mass is 19.1. The number of nitrogens with one attached hydrogen (secondary N) is 2. The molecule has 0 saturated carbocycles. The quantitative estimate of drug-likeness (QED) is 0.796. The number of rotatable bonds is 6. The third kappa shape index (κ3) is 5.72. The number of hydrogen-bond acceptors (Lipinski definition) is 3. The van der Waals surface area contributed by atoms with E-state index in [0.717, 1.165) is 0 Å². The van der Waals surface area contributed by atoms with Gasteiger partial charge in [0.1, 0.15) is 18.0 Å². The third-order valence-electron chi connectivity index (χ3n) is 2.96. The molecule has 5 nitrogen and oxygen atoms in total. The summed E-state index contributed by atoms with van der Waals surface area (Å²) in [5, 5.41) is 5.16. The summed E-state index contributed by atoms with van der Waals surface area (Å²) >= 11 is 0. The Bertz CT molecular complexity index is 697. The summed E-state index contributed by atoms with van der Waals surface area (Å²) in [6.45, 7) is 3.85. The molecule has 0 aliphatic rings. The summed E-state index contributed by atoms with van der Waals surface area (Å²) in [4.78, 5) is 23.7. The van der Waals surface area contributed by atoms with Crippen LogP contribution in [0.4, 0.5) is 15.8 Å². The normalized spacial score (nSPS) is 10.3. The van der Waals surface area contributed by atoms with E-state index in [1.54, 1.807) is 24.3 Å². The highest BCUT2D eigenvalue weighted by Gasteiger charge is 2.10. The monoisotopic (exact) mass is 330 g/mol. The first-order valence-electron chi connectivity index (χ1n) is 7.54. The van der Waals surface area contributed by atoms with Crippen molar-refractivity contribution in [3.8, 4) is 5.75 Å². The molecule has 0 unspecified atom stereocenters. The van der Waals surface area contributed by atoms with E-state index in [2.05, 4.69) is 10.6 Å². The molecule has 0 aromatic heterocycles.